The van der Waals surface area contributed by atoms with Crippen molar-refractivity contribution < 1.29 is 4.74 Å². The summed E-state index contributed by atoms with van der Waals surface area (Å²) in [5.41, 5.74) is 1.97. The third-order valence-electron chi connectivity index (χ3n) is 2.52. The average molecular weight is 253 g/mol. The van der Waals surface area contributed by atoms with E-state index in [1.165, 1.54) is 0 Å². The molecule has 0 spiro atoms. The molecule has 0 saturated carbocycles. The third kappa shape index (κ3) is 1.38. The topological polar surface area (TPSA) is 9.23 Å². The molecule has 0 bridgehead atoms. The number of fused-ring (bicyclic) bond motifs is 1. The van der Waals surface area contributed by atoms with Crippen LogP contribution in [0.4, 0.5) is 0 Å². The highest BCUT2D eigenvalue weighted by Gasteiger charge is 2.37. The highest BCUT2D eigenvalue weighted by atomic mass is 79.9. The zero-order chi connectivity index (χ0) is 10.3. The lowest BCUT2D eigenvalue weighted by Crippen LogP contribution is -2.41. The van der Waals surface area contributed by atoms with E-state index in [4.69, 9.17) is 4.74 Å². The second-order valence-corrected chi connectivity index (χ2v) is 5.01. The van der Waals surface area contributed by atoms with Gasteiger partial charge in [-0.15, -0.1) is 0 Å². The van der Waals surface area contributed by atoms with E-state index in [0.29, 0.717) is 0 Å². The fourth-order valence-corrected chi connectivity index (χ4v) is 2.05. The molecule has 0 N–H and O–H groups in total. The minimum atomic E-state index is -0.231. The van der Waals surface area contributed by atoms with Crippen LogP contribution in [-0.2, 0) is 0 Å². The van der Waals surface area contributed by atoms with Crippen molar-refractivity contribution in [2.75, 3.05) is 0 Å². The van der Waals surface area contributed by atoms with Gasteiger partial charge in [0, 0.05) is 5.56 Å². The fourth-order valence-electron chi connectivity index (χ4n) is 1.71. The summed E-state index contributed by atoms with van der Waals surface area (Å²) in [5.74, 6) is 0.929. The molecule has 2 heteroatoms. The maximum atomic E-state index is 5.89. The molecule has 0 fully saturated rings. The number of alkyl halides is 1. The number of hydrogen-bond donors (Lipinski definition) is 0. The first kappa shape index (κ1) is 9.78. The summed E-state index contributed by atoms with van der Waals surface area (Å²) < 4.78 is 5.89. The van der Waals surface area contributed by atoms with Gasteiger partial charge in [-0.3, -0.25) is 0 Å². The molecule has 1 atom stereocenters. The van der Waals surface area contributed by atoms with E-state index >= 15 is 0 Å². The van der Waals surface area contributed by atoms with Crippen LogP contribution in [0.3, 0.4) is 0 Å². The maximum absolute atomic E-state index is 5.89. The molecule has 0 aliphatic carbocycles. The van der Waals surface area contributed by atoms with Crippen molar-refractivity contribution in [3.8, 4) is 5.75 Å². The van der Waals surface area contributed by atoms with Gasteiger partial charge in [0.1, 0.15) is 11.4 Å². The Labute approximate surface area is 92.9 Å². The Balaban J connectivity index is 2.54. The Hall–Kier alpha value is -0.760. The van der Waals surface area contributed by atoms with E-state index in [1.54, 1.807) is 0 Å². The average Bonchev–Trinajstić information content (AvgIpc) is 2.14. The summed E-state index contributed by atoms with van der Waals surface area (Å²) in [4.78, 5) is 0.171. The Bertz CT molecular complexity index is 382. The summed E-state index contributed by atoms with van der Waals surface area (Å²) >= 11 is 3.62. The molecule has 0 aromatic heterocycles. The standard InChI is InChI=1S/C12H13BrO/c1-8-9-6-4-5-7-10(9)14-12(2,3)11(8)13/h4-7,11H,1H2,2-3H3. The number of hydrogen-bond acceptors (Lipinski definition) is 1. The van der Waals surface area contributed by atoms with Crippen LogP contribution < -0.4 is 4.74 Å². The fraction of sp³-hybridized carbons (Fsp3) is 0.333. The highest BCUT2D eigenvalue weighted by Crippen LogP contribution is 2.42. The summed E-state index contributed by atoms with van der Waals surface area (Å²) in [7, 11) is 0. The van der Waals surface area contributed by atoms with Gasteiger partial charge in [0.2, 0.25) is 0 Å². The van der Waals surface area contributed by atoms with Crippen LogP contribution in [-0.4, -0.2) is 10.4 Å². The van der Waals surface area contributed by atoms with E-state index < -0.39 is 0 Å². The van der Waals surface area contributed by atoms with Crippen molar-refractivity contribution in [2.45, 2.75) is 24.3 Å². The van der Waals surface area contributed by atoms with Gasteiger partial charge in [0.15, 0.2) is 0 Å². The molecule has 1 unspecified atom stereocenters. The zero-order valence-corrected chi connectivity index (χ0v) is 9.97. The Morgan fingerprint density at radius 3 is 2.71 bits per heavy atom. The van der Waals surface area contributed by atoms with Gasteiger partial charge < -0.3 is 4.74 Å². The van der Waals surface area contributed by atoms with Gasteiger partial charge in [0.05, 0.1) is 4.83 Å². The van der Waals surface area contributed by atoms with Crippen molar-refractivity contribution in [1.82, 2.24) is 0 Å². The number of para-hydroxylation sites is 1. The van der Waals surface area contributed by atoms with Gasteiger partial charge >= 0.3 is 0 Å². The van der Waals surface area contributed by atoms with Crippen molar-refractivity contribution >= 4 is 21.5 Å². The highest BCUT2D eigenvalue weighted by molar-refractivity contribution is 9.09. The first-order valence-corrected chi connectivity index (χ1v) is 5.55. The molecule has 74 valence electrons. The second-order valence-electron chi connectivity index (χ2n) is 4.09. The van der Waals surface area contributed by atoms with Crippen LogP contribution in [0.5, 0.6) is 5.75 Å². The first-order chi connectivity index (χ1) is 6.52. The third-order valence-corrected chi connectivity index (χ3v) is 4.18. The molecule has 0 amide bonds. The van der Waals surface area contributed by atoms with Gasteiger partial charge in [0.25, 0.3) is 0 Å². The quantitative estimate of drug-likeness (QED) is 0.641. The predicted octanol–water partition coefficient (Wildman–Crippen LogP) is 3.63. The van der Waals surface area contributed by atoms with Crippen LogP contribution in [0, 0.1) is 0 Å². The molecule has 1 aliphatic heterocycles. The lowest BCUT2D eigenvalue weighted by atomic mass is 9.90. The van der Waals surface area contributed by atoms with E-state index in [1.807, 2.05) is 24.3 Å². The van der Waals surface area contributed by atoms with Crippen LogP contribution >= 0.6 is 15.9 Å². The van der Waals surface area contributed by atoms with Gasteiger partial charge in [-0.1, -0.05) is 40.7 Å². The van der Waals surface area contributed by atoms with Crippen LogP contribution in [0.25, 0.3) is 5.57 Å². The van der Waals surface area contributed by atoms with Crippen molar-refractivity contribution in [3.63, 3.8) is 0 Å². The molecule has 1 aromatic rings. The number of ether oxygens (including phenoxy) is 1. The Kier molecular flexibility index (Phi) is 2.18. The van der Waals surface area contributed by atoms with Crippen LogP contribution in [0.2, 0.25) is 0 Å². The summed E-state index contributed by atoms with van der Waals surface area (Å²) in [6.45, 7) is 8.23. The molecule has 1 nitrogen and oxygen atoms in total. The SMILES string of the molecule is C=C1c2ccccc2OC(C)(C)C1Br. The van der Waals surface area contributed by atoms with Crippen molar-refractivity contribution in [3.05, 3.63) is 36.4 Å². The first-order valence-electron chi connectivity index (χ1n) is 4.63. The molecular formula is C12H13BrO. The number of rotatable bonds is 0. The molecule has 1 aliphatic rings. The van der Waals surface area contributed by atoms with E-state index in [9.17, 15) is 0 Å². The summed E-state index contributed by atoms with van der Waals surface area (Å²) in [6.07, 6.45) is 0. The minimum Gasteiger partial charge on any atom is -0.486 e. The molecular weight excluding hydrogens is 240 g/mol. The van der Waals surface area contributed by atoms with Crippen molar-refractivity contribution in [1.29, 1.82) is 0 Å². The lowest BCUT2D eigenvalue weighted by Gasteiger charge is -2.38. The lowest BCUT2D eigenvalue weighted by molar-refractivity contribution is 0.115. The molecule has 0 radical (unpaired) electrons. The number of halogens is 1. The largest absolute Gasteiger partial charge is 0.486 e. The van der Waals surface area contributed by atoms with E-state index in [2.05, 4.69) is 36.4 Å². The van der Waals surface area contributed by atoms with Gasteiger partial charge in [-0.25, -0.2) is 0 Å². The van der Waals surface area contributed by atoms with E-state index in [0.717, 1.165) is 16.9 Å². The second kappa shape index (κ2) is 3.13. The minimum absolute atomic E-state index is 0.171. The maximum Gasteiger partial charge on any atom is 0.127 e. The monoisotopic (exact) mass is 252 g/mol. The molecule has 1 heterocycles. The number of benzene rings is 1. The van der Waals surface area contributed by atoms with Gasteiger partial charge in [-0.05, 0) is 25.5 Å². The Morgan fingerprint density at radius 1 is 1.36 bits per heavy atom. The summed E-state index contributed by atoms with van der Waals surface area (Å²) in [5, 5.41) is 0. The molecule has 14 heavy (non-hydrogen) atoms. The molecule has 2 rings (SSSR count). The van der Waals surface area contributed by atoms with Crippen molar-refractivity contribution in [2.24, 2.45) is 0 Å². The van der Waals surface area contributed by atoms with Crippen LogP contribution in [0.15, 0.2) is 30.8 Å². The normalized spacial score (nSPS) is 23.9. The van der Waals surface area contributed by atoms with Crippen LogP contribution in [0.1, 0.15) is 19.4 Å². The molecule has 1 aromatic carbocycles. The zero-order valence-electron chi connectivity index (χ0n) is 8.38. The summed E-state index contributed by atoms with van der Waals surface area (Å²) in [6, 6.07) is 8.02. The smallest absolute Gasteiger partial charge is 0.127 e. The predicted molar refractivity (Wildman–Crippen MR) is 62.9 cm³/mol. The molecule has 0 saturated heterocycles. The van der Waals surface area contributed by atoms with Gasteiger partial charge in [-0.2, -0.15) is 0 Å². The Morgan fingerprint density at radius 2 is 2.00 bits per heavy atom. The van der Waals surface area contributed by atoms with E-state index in [-0.39, 0.29) is 10.4 Å².